The Labute approximate surface area is 166 Å². The Kier molecular flexibility index (Phi) is 7.67. The first kappa shape index (κ1) is 22.3. The van der Waals surface area contributed by atoms with Crippen LogP contribution >= 0.6 is 0 Å². The summed E-state index contributed by atoms with van der Waals surface area (Å²) in [6, 6.07) is -4.12. The highest BCUT2D eigenvalue weighted by atomic mass is 16.4. The maximum Gasteiger partial charge on any atom is 0.326 e. The number of carbonyl (C=O) groups excluding carboxylic acids is 3. The fourth-order valence-corrected chi connectivity index (χ4v) is 3.08. The summed E-state index contributed by atoms with van der Waals surface area (Å²) in [5, 5.41) is 23.2. The molecule has 1 aliphatic rings. The van der Waals surface area contributed by atoms with Gasteiger partial charge in [0.05, 0.1) is 12.9 Å². The maximum absolute atomic E-state index is 12.5. The lowest BCUT2D eigenvalue weighted by Gasteiger charge is -2.27. The van der Waals surface area contributed by atoms with Crippen molar-refractivity contribution in [3.63, 3.8) is 0 Å². The van der Waals surface area contributed by atoms with Crippen molar-refractivity contribution >= 4 is 23.7 Å². The molecule has 3 amide bonds. The molecule has 160 valence electrons. The molecule has 12 heteroatoms. The van der Waals surface area contributed by atoms with E-state index in [2.05, 4.69) is 20.6 Å². The zero-order valence-electron chi connectivity index (χ0n) is 16.0. The summed E-state index contributed by atoms with van der Waals surface area (Å²) in [6.45, 7) is 1.22. The summed E-state index contributed by atoms with van der Waals surface area (Å²) in [5.74, 6) is -2.97. The van der Waals surface area contributed by atoms with Crippen LogP contribution < -0.4 is 16.4 Å². The lowest BCUT2D eigenvalue weighted by atomic mass is 10.1. The van der Waals surface area contributed by atoms with Crippen LogP contribution in [0.15, 0.2) is 12.5 Å². The number of nitrogens with one attached hydrogen (secondary N) is 3. The number of aromatic nitrogens is 2. The summed E-state index contributed by atoms with van der Waals surface area (Å²) >= 11 is 0. The van der Waals surface area contributed by atoms with Crippen LogP contribution in [0, 0.1) is 0 Å². The second-order valence-corrected chi connectivity index (χ2v) is 6.89. The van der Waals surface area contributed by atoms with Crippen LogP contribution in [0.5, 0.6) is 0 Å². The monoisotopic (exact) mass is 410 g/mol. The zero-order chi connectivity index (χ0) is 21.6. The molecular formula is C17H26N6O6. The molecule has 12 nitrogen and oxygen atoms in total. The molecule has 1 saturated heterocycles. The van der Waals surface area contributed by atoms with Crippen molar-refractivity contribution in [3.05, 3.63) is 18.2 Å². The summed E-state index contributed by atoms with van der Waals surface area (Å²) in [5.41, 5.74) is 6.08. The Morgan fingerprint density at radius 2 is 2.10 bits per heavy atom. The Hall–Kier alpha value is -2.99. The van der Waals surface area contributed by atoms with Crippen molar-refractivity contribution in [2.24, 2.45) is 5.73 Å². The number of aliphatic hydroxyl groups excluding tert-OH is 1. The van der Waals surface area contributed by atoms with Gasteiger partial charge in [-0.25, -0.2) is 9.78 Å². The fraction of sp³-hybridized carbons (Fsp3) is 0.588. The van der Waals surface area contributed by atoms with Gasteiger partial charge in [-0.2, -0.15) is 0 Å². The number of imidazole rings is 1. The van der Waals surface area contributed by atoms with Gasteiger partial charge in [-0.15, -0.1) is 0 Å². The molecule has 0 radical (unpaired) electrons. The molecule has 1 fully saturated rings. The molecule has 0 bridgehead atoms. The molecule has 0 spiro atoms. The number of hydrogen-bond acceptors (Lipinski definition) is 7. The van der Waals surface area contributed by atoms with Crippen LogP contribution in [0.3, 0.4) is 0 Å². The summed E-state index contributed by atoms with van der Waals surface area (Å²) < 4.78 is 0. The second kappa shape index (κ2) is 9.98. The molecule has 4 unspecified atom stereocenters. The first-order valence-corrected chi connectivity index (χ1v) is 9.22. The minimum Gasteiger partial charge on any atom is -0.480 e. The van der Waals surface area contributed by atoms with Crippen LogP contribution in [0.2, 0.25) is 0 Å². The van der Waals surface area contributed by atoms with Gasteiger partial charge in [0, 0.05) is 24.9 Å². The summed E-state index contributed by atoms with van der Waals surface area (Å²) in [7, 11) is 0. The van der Waals surface area contributed by atoms with Gasteiger partial charge in [-0.3, -0.25) is 14.4 Å². The van der Waals surface area contributed by atoms with Crippen LogP contribution in [-0.4, -0.2) is 86.1 Å². The van der Waals surface area contributed by atoms with Crippen molar-refractivity contribution in [2.75, 3.05) is 13.2 Å². The second-order valence-electron chi connectivity index (χ2n) is 6.89. The number of likely N-dealkylation sites (tertiary alicyclic amines) is 1. The van der Waals surface area contributed by atoms with Crippen LogP contribution in [0.25, 0.3) is 0 Å². The number of carboxylic acid groups (broad SMARTS) is 1. The van der Waals surface area contributed by atoms with Crippen LogP contribution in [0.1, 0.15) is 25.5 Å². The van der Waals surface area contributed by atoms with Crippen molar-refractivity contribution in [2.45, 2.75) is 50.4 Å². The van der Waals surface area contributed by atoms with Crippen LogP contribution in [-0.2, 0) is 25.6 Å². The molecule has 4 atom stereocenters. The molecule has 1 aromatic rings. The van der Waals surface area contributed by atoms with Gasteiger partial charge in [0.2, 0.25) is 17.7 Å². The van der Waals surface area contributed by atoms with E-state index in [9.17, 15) is 24.3 Å². The molecule has 29 heavy (non-hydrogen) atoms. The van der Waals surface area contributed by atoms with Crippen molar-refractivity contribution < 1.29 is 29.4 Å². The Bertz CT molecular complexity index is 739. The van der Waals surface area contributed by atoms with E-state index in [0.717, 1.165) is 0 Å². The van der Waals surface area contributed by atoms with Gasteiger partial charge >= 0.3 is 5.97 Å². The van der Waals surface area contributed by atoms with Crippen molar-refractivity contribution in [1.82, 2.24) is 25.5 Å². The number of nitrogens with two attached hydrogens (primary N) is 1. The van der Waals surface area contributed by atoms with Gasteiger partial charge in [0.1, 0.15) is 24.2 Å². The smallest absolute Gasteiger partial charge is 0.326 e. The molecule has 1 aromatic heterocycles. The Morgan fingerprint density at radius 3 is 2.69 bits per heavy atom. The van der Waals surface area contributed by atoms with Gasteiger partial charge in [0.25, 0.3) is 0 Å². The van der Waals surface area contributed by atoms with Gasteiger partial charge in [0.15, 0.2) is 0 Å². The van der Waals surface area contributed by atoms with Crippen molar-refractivity contribution in [1.29, 1.82) is 0 Å². The molecule has 2 heterocycles. The number of carboxylic acids is 1. The topological polar surface area (TPSA) is 191 Å². The molecule has 0 aromatic carbocycles. The Morgan fingerprint density at radius 1 is 1.38 bits per heavy atom. The quantitative estimate of drug-likeness (QED) is 0.254. The highest BCUT2D eigenvalue weighted by Crippen LogP contribution is 2.18. The average Bonchev–Trinajstić information content (AvgIpc) is 3.37. The average molecular weight is 410 g/mol. The number of amides is 3. The third-order valence-corrected chi connectivity index (χ3v) is 4.70. The first-order chi connectivity index (χ1) is 13.7. The van der Waals surface area contributed by atoms with E-state index < -0.39 is 54.5 Å². The van der Waals surface area contributed by atoms with Gasteiger partial charge < -0.3 is 36.5 Å². The predicted octanol–water partition coefficient (Wildman–Crippen LogP) is -2.66. The maximum atomic E-state index is 12.5. The first-order valence-electron chi connectivity index (χ1n) is 9.22. The lowest BCUT2D eigenvalue weighted by Crippen LogP contribution is -2.56. The van der Waals surface area contributed by atoms with Gasteiger partial charge in [-0.1, -0.05) is 0 Å². The third kappa shape index (κ3) is 5.74. The summed E-state index contributed by atoms with van der Waals surface area (Å²) in [6.07, 6.45) is 3.85. The normalized spacial score (nSPS) is 19.3. The van der Waals surface area contributed by atoms with E-state index in [1.54, 1.807) is 0 Å². The standard InChI is InChI=1S/C17H26N6O6/c1-9(14(25)22-12(17(28)29)5-10-6-19-8-20-10)21-15(26)13-3-2-4-23(13)16(27)11(18)7-24/h6,8-9,11-13,24H,2-5,7,18H2,1H3,(H,19,20)(H,21,26)(H,22,25)(H,28,29). The number of aromatic amines is 1. The van der Waals surface area contributed by atoms with E-state index in [-0.39, 0.29) is 6.42 Å². The number of H-pyrrole nitrogens is 1. The minimum absolute atomic E-state index is 0.00565. The Balaban J connectivity index is 1.94. The lowest BCUT2D eigenvalue weighted by molar-refractivity contribution is -0.143. The molecule has 2 rings (SSSR count). The molecule has 0 aliphatic carbocycles. The number of hydrogen-bond donors (Lipinski definition) is 6. The van der Waals surface area contributed by atoms with E-state index in [4.69, 9.17) is 10.8 Å². The molecule has 1 aliphatic heterocycles. The highest BCUT2D eigenvalue weighted by molar-refractivity contribution is 5.94. The van der Waals surface area contributed by atoms with Crippen molar-refractivity contribution in [3.8, 4) is 0 Å². The highest BCUT2D eigenvalue weighted by Gasteiger charge is 2.37. The molecule has 7 N–H and O–H groups in total. The number of nitrogens with zero attached hydrogens (tertiary/aromatic N) is 2. The van der Waals surface area contributed by atoms with Gasteiger partial charge in [-0.05, 0) is 19.8 Å². The third-order valence-electron chi connectivity index (χ3n) is 4.70. The van der Waals surface area contributed by atoms with E-state index in [0.29, 0.717) is 25.1 Å². The van der Waals surface area contributed by atoms with E-state index in [1.807, 2.05) is 0 Å². The minimum atomic E-state index is -1.22. The largest absolute Gasteiger partial charge is 0.480 e. The zero-order valence-corrected chi connectivity index (χ0v) is 16.0. The fourth-order valence-electron chi connectivity index (χ4n) is 3.08. The van der Waals surface area contributed by atoms with Crippen LogP contribution in [0.4, 0.5) is 0 Å². The number of rotatable bonds is 9. The number of aliphatic hydroxyl groups is 1. The molecular weight excluding hydrogens is 384 g/mol. The van der Waals surface area contributed by atoms with E-state index >= 15 is 0 Å². The van der Waals surface area contributed by atoms with E-state index in [1.165, 1.54) is 24.3 Å². The number of aliphatic carboxylic acids is 1. The SMILES string of the molecule is CC(NC(=O)C1CCCN1C(=O)C(N)CO)C(=O)NC(Cc1cnc[nH]1)C(=O)O. The molecule has 0 saturated carbocycles. The predicted molar refractivity (Wildman–Crippen MR) is 99.3 cm³/mol. The number of carbonyl (C=O) groups is 4. The summed E-state index contributed by atoms with van der Waals surface area (Å²) in [4.78, 5) is 56.4.